The van der Waals surface area contributed by atoms with Gasteiger partial charge in [0.15, 0.2) is 0 Å². The lowest BCUT2D eigenvalue weighted by molar-refractivity contribution is -0.0828. The molecule has 3 aliphatic rings. The molecule has 1 atom stereocenters. The van der Waals surface area contributed by atoms with Crippen LogP contribution in [0.2, 0.25) is 0 Å². The fourth-order valence-corrected chi connectivity index (χ4v) is 2.74. The van der Waals surface area contributed by atoms with E-state index in [1.807, 2.05) is 6.92 Å². The van der Waals surface area contributed by atoms with Crippen molar-refractivity contribution in [1.82, 2.24) is 0 Å². The highest BCUT2D eigenvalue weighted by Crippen LogP contribution is 2.46. The number of aliphatic hydroxyl groups is 1. The maximum atomic E-state index is 9.86. The van der Waals surface area contributed by atoms with Crippen molar-refractivity contribution in [3.8, 4) is 0 Å². The molecule has 0 spiro atoms. The predicted octanol–water partition coefficient (Wildman–Crippen LogP) is 1.95. The van der Waals surface area contributed by atoms with Crippen LogP contribution in [0.1, 0.15) is 39.0 Å². The highest BCUT2D eigenvalue weighted by atomic mass is 16.3. The molecule has 3 fully saturated rings. The summed E-state index contributed by atoms with van der Waals surface area (Å²) in [6.45, 7) is 2.02. The third-order valence-corrected chi connectivity index (χ3v) is 3.43. The molecule has 0 saturated heterocycles. The molecule has 0 aromatic carbocycles. The Morgan fingerprint density at radius 2 is 1.80 bits per heavy atom. The molecule has 58 valence electrons. The molecule has 1 nitrogen and oxygen atoms in total. The van der Waals surface area contributed by atoms with Crippen LogP contribution >= 0.6 is 0 Å². The molecule has 1 N–H and O–H groups in total. The van der Waals surface area contributed by atoms with Gasteiger partial charge in [-0.2, -0.15) is 0 Å². The Bertz CT molecular complexity index is 132. The Balaban J connectivity index is 2.15. The molecular weight excluding hydrogens is 124 g/mol. The minimum Gasteiger partial charge on any atom is -0.390 e. The Labute approximate surface area is 62.4 Å². The van der Waals surface area contributed by atoms with Crippen molar-refractivity contribution in [2.45, 2.75) is 44.6 Å². The first kappa shape index (κ1) is 6.66. The monoisotopic (exact) mass is 140 g/mol. The number of hydrogen-bond donors (Lipinski definition) is 1. The average molecular weight is 140 g/mol. The minimum absolute atomic E-state index is 0.304. The zero-order chi connectivity index (χ0) is 7.19. The Kier molecular flexibility index (Phi) is 1.31. The van der Waals surface area contributed by atoms with Crippen molar-refractivity contribution in [2.24, 2.45) is 11.8 Å². The second kappa shape index (κ2) is 1.97. The molecule has 2 bridgehead atoms. The molecule has 0 aliphatic heterocycles. The number of hydrogen-bond acceptors (Lipinski definition) is 1. The van der Waals surface area contributed by atoms with Gasteiger partial charge in [0.2, 0.25) is 0 Å². The van der Waals surface area contributed by atoms with E-state index in [0.717, 1.165) is 12.3 Å². The van der Waals surface area contributed by atoms with Gasteiger partial charge in [0.05, 0.1) is 5.60 Å². The first-order valence-corrected chi connectivity index (χ1v) is 4.41. The number of rotatable bonds is 0. The summed E-state index contributed by atoms with van der Waals surface area (Å²) in [5.41, 5.74) is -0.304. The fraction of sp³-hybridized carbons (Fsp3) is 1.00. The van der Waals surface area contributed by atoms with Crippen LogP contribution in [0.5, 0.6) is 0 Å². The summed E-state index contributed by atoms with van der Waals surface area (Å²) < 4.78 is 0. The molecule has 3 saturated carbocycles. The van der Waals surface area contributed by atoms with Gasteiger partial charge >= 0.3 is 0 Å². The first-order valence-electron chi connectivity index (χ1n) is 4.41. The lowest BCUT2D eigenvalue weighted by Crippen LogP contribution is -2.44. The topological polar surface area (TPSA) is 20.2 Å². The zero-order valence-corrected chi connectivity index (χ0v) is 6.64. The molecule has 10 heavy (non-hydrogen) atoms. The van der Waals surface area contributed by atoms with E-state index in [1.165, 1.54) is 25.7 Å². The quantitative estimate of drug-likeness (QED) is 0.545. The van der Waals surface area contributed by atoms with Gasteiger partial charge in [-0.15, -0.1) is 0 Å². The van der Waals surface area contributed by atoms with Crippen LogP contribution in [0.15, 0.2) is 0 Å². The van der Waals surface area contributed by atoms with Gasteiger partial charge in [0.1, 0.15) is 0 Å². The normalized spacial score (nSPS) is 53.4. The number of fused-ring (bicyclic) bond motifs is 3. The smallest absolute Gasteiger partial charge is 0.0650 e. The van der Waals surface area contributed by atoms with Gasteiger partial charge < -0.3 is 5.11 Å². The fourth-order valence-electron chi connectivity index (χ4n) is 2.74. The van der Waals surface area contributed by atoms with Crippen molar-refractivity contribution in [2.75, 3.05) is 0 Å². The lowest BCUT2D eigenvalue weighted by atomic mass is 9.63. The third kappa shape index (κ3) is 0.878. The van der Waals surface area contributed by atoms with Crippen molar-refractivity contribution in [3.05, 3.63) is 0 Å². The van der Waals surface area contributed by atoms with E-state index in [9.17, 15) is 5.11 Å². The zero-order valence-electron chi connectivity index (χ0n) is 6.64. The summed E-state index contributed by atoms with van der Waals surface area (Å²) in [6.07, 6.45) is 6.37. The molecule has 0 unspecified atom stereocenters. The van der Waals surface area contributed by atoms with Gasteiger partial charge in [-0.3, -0.25) is 0 Å². The Morgan fingerprint density at radius 3 is 2.00 bits per heavy atom. The van der Waals surface area contributed by atoms with Crippen molar-refractivity contribution in [3.63, 3.8) is 0 Å². The Hall–Kier alpha value is -0.0400. The second-order valence-electron chi connectivity index (χ2n) is 4.28. The highest BCUT2D eigenvalue weighted by molar-refractivity contribution is 4.94. The van der Waals surface area contributed by atoms with Crippen molar-refractivity contribution in [1.29, 1.82) is 0 Å². The maximum Gasteiger partial charge on any atom is 0.0650 e. The van der Waals surface area contributed by atoms with Gasteiger partial charge in [0.25, 0.3) is 0 Å². The van der Waals surface area contributed by atoms with Crippen LogP contribution in [0.25, 0.3) is 0 Å². The van der Waals surface area contributed by atoms with Crippen LogP contribution in [-0.4, -0.2) is 10.7 Å². The molecule has 3 aliphatic carbocycles. The SMILES string of the molecule is C[C@@]1(O)CC2CCC1CC2. The van der Waals surface area contributed by atoms with Crippen LogP contribution in [0.3, 0.4) is 0 Å². The molecule has 1 heteroatoms. The van der Waals surface area contributed by atoms with Gasteiger partial charge in [0, 0.05) is 0 Å². The summed E-state index contributed by atoms with van der Waals surface area (Å²) in [4.78, 5) is 0. The lowest BCUT2D eigenvalue weighted by Gasteiger charge is -2.46. The van der Waals surface area contributed by atoms with E-state index in [4.69, 9.17) is 0 Å². The first-order chi connectivity index (χ1) is 4.68. The summed E-state index contributed by atoms with van der Waals surface area (Å²) >= 11 is 0. The van der Waals surface area contributed by atoms with Gasteiger partial charge in [-0.25, -0.2) is 0 Å². The van der Waals surface area contributed by atoms with E-state index in [-0.39, 0.29) is 5.60 Å². The molecule has 0 amide bonds. The largest absolute Gasteiger partial charge is 0.390 e. The minimum atomic E-state index is -0.304. The van der Waals surface area contributed by atoms with Crippen LogP contribution in [-0.2, 0) is 0 Å². The summed E-state index contributed by atoms with van der Waals surface area (Å²) in [5.74, 6) is 1.47. The van der Waals surface area contributed by atoms with E-state index >= 15 is 0 Å². The summed E-state index contributed by atoms with van der Waals surface area (Å²) in [5, 5.41) is 9.86. The summed E-state index contributed by atoms with van der Waals surface area (Å²) in [7, 11) is 0. The van der Waals surface area contributed by atoms with Crippen LogP contribution < -0.4 is 0 Å². The summed E-state index contributed by atoms with van der Waals surface area (Å²) in [6, 6.07) is 0. The van der Waals surface area contributed by atoms with Crippen molar-refractivity contribution < 1.29 is 5.11 Å². The van der Waals surface area contributed by atoms with Crippen molar-refractivity contribution >= 4 is 0 Å². The molecule has 0 radical (unpaired) electrons. The average Bonchev–Trinajstić information content (AvgIpc) is 1.87. The van der Waals surface area contributed by atoms with E-state index in [2.05, 4.69) is 0 Å². The predicted molar refractivity (Wildman–Crippen MR) is 40.7 cm³/mol. The van der Waals surface area contributed by atoms with E-state index in [0.29, 0.717) is 5.92 Å². The van der Waals surface area contributed by atoms with E-state index in [1.54, 1.807) is 0 Å². The van der Waals surface area contributed by atoms with Gasteiger partial charge in [-0.1, -0.05) is 0 Å². The third-order valence-electron chi connectivity index (χ3n) is 3.43. The second-order valence-corrected chi connectivity index (χ2v) is 4.28. The van der Waals surface area contributed by atoms with Gasteiger partial charge in [-0.05, 0) is 50.9 Å². The van der Waals surface area contributed by atoms with Crippen LogP contribution in [0.4, 0.5) is 0 Å². The highest BCUT2D eigenvalue weighted by Gasteiger charge is 2.42. The molecule has 3 rings (SSSR count). The standard InChI is InChI=1S/C9H16O/c1-9(10)6-7-2-4-8(9)5-3-7/h7-8,10H,2-6H2,1H3/t7?,8?,9-/m1/s1. The molecule has 0 aromatic heterocycles. The maximum absolute atomic E-state index is 9.86. The molecule has 0 heterocycles. The van der Waals surface area contributed by atoms with Crippen LogP contribution in [0, 0.1) is 11.8 Å². The van der Waals surface area contributed by atoms with E-state index < -0.39 is 0 Å². The molecular formula is C9H16O. The molecule has 0 aromatic rings. The Morgan fingerprint density at radius 1 is 1.20 bits per heavy atom.